The molecule has 2 aromatic rings. The van der Waals surface area contributed by atoms with Gasteiger partial charge in [0.25, 0.3) is 0 Å². The Morgan fingerprint density at radius 1 is 1.15 bits per heavy atom. The number of thiophene rings is 1. The lowest BCUT2D eigenvalue weighted by molar-refractivity contribution is -0.120. The molecule has 1 aliphatic heterocycles. The fraction of sp³-hybridized carbons (Fsp3) is 0.400. The summed E-state index contributed by atoms with van der Waals surface area (Å²) in [5.74, 6) is -0.0740. The first-order valence-corrected chi connectivity index (χ1v) is 9.90. The Balaban J connectivity index is 1.54. The van der Waals surface area contributed by atoms with Gasteiger partial charge in [-0.25, -0.2) is 0 Å². The Morgan fingerprint density at radius 3 is 2.50 bits per heavy atom. The summed E-state index contributed by atoms with van der Waals surface area (Å²) >= 11 is 1.75. The zero-order chi connectivity index (χ0) is 18.4. The molecule has 1 aliphatic rings. The van der Waals surface area contributed by atoms with E-state index in [0.29, 0.717) is 13.0 Å². The largest absolute Gasteiger partial charge is 0.354 e. The summed E-state index contributed by atoms with van der Waals surface area (Å²) in [6, 6.07) is 11.9. The quantitative estimate of drug-likeness (QED) is 0.786. The number of nitrogens with zero attached hydrogens (tertiary/aromatic N) is 1. The predicted octanol–water partition coefficient (Wildman–Crippen LogP) is 3.20. The first-order valence-electron chi connectivity index (χ1n) is 9.02. The highest BCUT2D eigenvalue weighted by Gasteiger charge is 2.24. The van der Waals surface area contributed by atoms with Gasteiger partial charge >= 0.3 is 0 Å². The highest BCUT2D eigenvalue weighted by molar-refractivity contribution is 7.10. The van der Waals surface area contributed by atoms with Crippen molar-refractivity contribution in [2.45, 2.75) is 32.2 Å². The number of nitrogens with one attached hydrogen (secondary N) is 2. The highest BCUT2D eigenvalue weighted by atomic mass is 32.1. The lowest BCUT2D eigenvalue weighted by Crippen LogP contribution is -2.37. The zero-order valence-corrected chi connectivity index (χ0v) is 15.8. The Kier molecular flexibility index (Phi) is 6.41. The maximum atomic E-state index is 12.4. The molecule has 1 fully saturated rings. The van der Waals surface area contributed by atoms with Crippen LogP contribution in [0.5, 0.6) is 0 Å². The Bertz CT molecular complexity index is 722. The van der Waals surface area contributed by atoms with Gasteiger partial charge in [0, 0.05) is 24.0 Å². The molecule has 2 N–H and O–H groups in total. The maximum Gasteiger partial charge on any atom is 0.224 e. The summed E-state index contributed by atoms with van der Waals surface area (Å²) in [4.78, 5) is 27.2. The van der Waals surface area contributed by atoms with Gasteiger partial charge in [0.15, 0.2) is 0 Å². The third kappa shape index (κ3) is 5.16. The highest BCUT2D eigenvalue weighted by Crippen LogP contribution is 2.27. The second-order valence-electron chi connectivity index (χ2n) is 6.63. The molecule has 0 bridgehead atoms. The first kappa shape index (κ1) is 18.6. The van der Waals surface area contributed by atoms with Gasteiger partial charge in [-0.05, 0) is 55.1 Å². The molecule has 138 valence electrons. The first-order chi connectivity index (χ1) is 12.6. The molecule has 1 aromatic heterocycles. The second kappa shape index (κ2) is 8.96. The van der Waals surface area contributed by atoms with Crippen molar-refractivity contribution in [1.82, 2.24) is 10.2 Å². The van der Waals surface area contributed by atoms with E-state index in [1.54, 1.807) is 11.3 Å². The Morgan fingerprint density at radius 2 is 1.88 bits per heavy atom. The second-order valence-corrected chi connectivity index (χ2v) is 7.61. The number of hydrogen-bond donors (Lipinski definition) is 2. The van der Waals surface area contributed by atoms with E-state index in [2.05, 4.69) is 33.0 Å². The molecule has 0 unspecified atom stereocenters. The molecule has 0 saturated carbocycles. The summed E-state index contributed by atoms with van der Waals surface area (Å²) in [5, 5.41) is 7.92. The van der Waals surface area contributed by atoms with E-state index in [9.17, 15) is 9.59 Å². The normalized spacial score (nSPS) is 15.6. The van der Waals surface area contributed by atoms with E-state index in [4.69, 9.17) is 0 Å². The molecule has 2 heterocycles. The minimum Gasteiger partial charge on any atom is -0.354 e. The Hall–Kier alpha value is -2.18. The molecule has 0 spiro atoms. The molecular formula is C20H25N3O2S. The SMILES string of the molecule is CC(=O)Nc1ccc(CC(=O)NC[C@H](c2cccs2)N2CCCC2)cc1. The van der Waals surface area contributed by atoms with Crippen LogP contribution in [0.25, 0.3) is 0 Å². The van der Waals surface area contributed by atoms with E-state index in [-0.39, 0.29) is 17.9 Å². The van der Waals surface area contributed by atoms with Crippen molar-refractivity contribution < 1.29 is 9.59 Å². The van der Waals surface area contributed by atoms with E-state index in [1.807, 2.05) is 24.3 Å². The number of benzene rings is 1. The van der Waals surface area contributed by atoms with Crippen molar-refractivity contribution >= 4 is 28.8 Å². The fourth-order valence-corrected chi connectivity index (χ4v) is 4.17. The molecule has 26 heavy (non-hydrogen) atoms. The molecule has 2 amide bonds. The molecule has 6 heteroatoms. The van der Waals surface area contributed by atoms with Crippen LogP contribution in [0.3, 0.4) is 0 Å². The molecule has 1 atom stereocenters. The minimum absolute atomic E-state index is 0.0260. The summed E-state index contributed by atoms with van der Waals surface area (Å²) in [5.41, 5.74) is 1.68. The van der Waals surface area contributed by atoms with Crippen molar-refractivity contribution in [3.05, 3.63) is 52.2 Å². The summed E-state index contributed by atoms with van der Waals surface area (Å²) in [6.45, 7) is 4.32. The van der Waals surface area contributed by atoms with Crippen molar-refractivity contribution in [2.75, 3.05) is 25.0 Å². The predicted molar refractivity (Wildman–Crippen MR) is 105 cm³/mol. The molecule has 0 aliphatic carbocycles. The van der Waals surface area contributed by atoms with E-state index in [1.165, 1.54) is 24.6 Å². The van der Waals surface area contributed by atoms with Crippen LogP contribution >= 0.6 is 11.3 Å². The number of likely N-dealkylation sites (tertiary alicyclic amines) is 1. The van der Waals surface area contributed by atoms with E-state index in [0.717, 1.165) is 24.3 Å². The lowest BCUT2D eigenvalue weighted by Gasteiger charge is -2.27. The molecule has 5 nitrogen and oxygen atoms in total. The number of hydrogen-bond acceptors (Lipinski definition) is 4. The van der Waals surface area contributed by atoms with E-state index < -0.39 is 0 Å². The van der Waals surface area contributed by atoms with Crippen LogP contribution in [-0.2, 0) is 16.0 Å². The average Bonchev–Trinajstić information content (AvgIpc) is 3.30. The molecule has 1 saturated heterocycles. The molecule has 3 rings (SSSR count). The topological polar surface area (TPSA) is 61.4 Å². The summed E-state index contributed by atoms with van der Waals surface area (Å²) < 4.78 is 0. The van der Waals surface area contributed by atoms with Crippen molar-refractivity contribution in [2.24, 2.45) is 0 Å². The van der Waals surface area contributed by atoms with Crippen molar-refractivity contribution in [3.8, 4) is 0 Å². The summed E-state index contributed by atoms with van der Waals surface area (Å²) in [7, 11) is 0. The van der Waals surface area contributed by atoms with E-state index >= 15 is 0 Å². The van der Waals surface area contributed by atoms with Crippen LogP contribution in [-0.4, -0.2) is 36.3 Å². The molecular weight excluding hydrogens is 346 g/mol. The van der Waals surface area contributed by atoms with Crippen molar-refractivity contribution in [1.29, 1.82) is 0 Å². The van der Waals surface area contributed by atoms with Gasteiger partial charge in [-0.2, -0.15) is 0 Å². The minimum atomic E-state index is -0.1000. The number of anilines is 1. The third-order valence-electron chi connectivity index (χ3n) is 4.58. The van der Waals surface area contributed by atoms with Crippen LogP contribution in [0.1, 0.15) is 36.2 Å². The average molecular weight is 372 g/mol. The standard InChI is InChI=1S/C20H25N3O2S/c1-15(24)22-17-8-6-16(7-9-17)13-20(25)21-14-18(19-5-4-12-26-19)23-10-2-3-11-23/h4-9,12,18H,2-3,10-11,13-14H2,1H3,(H,21,25)(H,22,24)/t18-/m1/s1. The van der Waals surface area contributed by atoms with Gasteiger partial charge in [0.1, 0.15) is 0 Å². The lowest BCUT2D eigenvalue weighted by atomic mass is 10.1. The van der Waals surface area contributed by atoms with Gasteiger partial charge in [-0.1, -0.05) is 18.2 Å². The summed E-state index contributed by atoms with van der Waals surface area (Å²) in [6.07, 6.45) is 2.81. The zero-order valence-electron chi connectivity index (χ0n) is 15.0. The van der Waals surface area contributed by atoms with Crippen LogP contribution in [0.4, 0.5) is 5.69 Å². The number of rotatable bonds is 7. The third-order valence-corrected chi connectivity index (χ3v) is 5.56. The monoisotopic (exact) mass is 371 g/mol. The smallest absolute Gasteiger partial charge is 0.224 e. The number of amides is 2. The van der Waals surface area contributed by atoms with Gasteiger partial charge in [0.05, 0.1) is 12.5 Å². The van der Waals surface area contributed by atoms with Crippen LogP contribution < -0.4 is 10.6 Å². The van der Waals surface area contributed by atoms with Crippen LogP contribution in [0, 0.1) is 0 Å². The van der Waals surface area contributed by atoms with Crippen LogP contribution in [0.15, 0.2) is 41.8 Å². The van der Waals surface area contributed by atoms with Gasteiger partial charge in [0.2, 0.25) is 11.8 Å². The molecule has 1 aromatic carbocycles. The fourth-order valence-electron chi connectivity index (χ4n) is 3.31. The van der Waals surface area contributed by atoms with Crippen molar-refractivity contribution in [3.63, 3.8) is 0 Å². The number of carbonyl (C=O) groups excluding carboxylic acids is 2. The van der Waals surface area contributed by atoms with Gasteiger partial charge < -0.3 is 10.6 Å². The molecule has 0 radical (unpaired) electrons. The Labute approximate surface area is 158 Å². The van der Waals surface area contributed by atoms with Gasteiger partial charge in [-0.15, -0.1) is 11.3 Å². The van der Waals surface area contributed by atoms with Crippen LogP contribution in [0.2, 0.25) is 0 Å². The van der Waals surface area contributed by atoms with Gasteiger partial charge in [-0.3, -0.25) is 14.5 Å². The maximum absolute atomic E-state index is 12.4. The number of carbonyl (C=O) groups is 2.